The quantitative estimate of drug-likeness (QED) is 0.599. The Balaban J connectivity index is 1.60. The molecule has 1 atom stereocenters. The van der Waals surface area contributed by atoms with Gasteiger partial charge < -0.3 is 14.4 Å². The number of methoxy groups -OCH3 is 1. The number of hydrogen-bond acceptors (Lipinski definition) is 8. The Hall–Kier alpha value is -2.94. The van der Waals surface area contributed by atoms with E-state index in [9.17, 15) is 18.0 Å². The van der Waals surface area contributed by atoms with Gasteiger partial charge in [0.05, 0.1) is 24.3 Å². The number of hydrogen-bond donors (Lipinski definition) is 0. The highest BCUT2D eigenvalue weighted by molar-refractivity contribution is 7.91. The Morgan fingerprint density at radius 3 is 2.55 bits per heavy atom. The number of rotatable bonds is 6. The second-order valence-electron chi connectivity index (χ2n) is 6.78. The molecule has 0 spiro atoms. The van der Waals surface area contributed by atoms with Gasteiger partial charge in [-0.25, -0.2) is 13.2 Å². The van der Waals surface area contributed by atoms with Crippen molar-refractivity contribution in [1.82, 2.24) is 9.21 Å². The minimum Gasteiger partial charge on any atom is -0.481 e. The summed E-state index contributed by atoms with van der Waals surface area (Å²) in [5, 5.41) is 10.4. The van der Waals surface area contributed by atoms with Crippen molar-refractivity contribution in [3.8, 4) is 11.8 Å². The molecule has 0 radical (unpaired) electrons. The molecule has 1 saturated heterocycles. The van der Waals surface area contributed by atoms with Crippen molar-refractivity contribution < 1.29 is 27.5 Å². The van der Waals surface area contributed by atoms with Crippen molar-refractivity contribution in [2.24, 2.45) is 0 Å². The lowest BCUT2D eigenvalue weighted by Gasteiger charge is -2.34. The van der Waals surface area contributed by atoms with Crippen LogP contribution in [0, 0.1) is 11.3 Å². The molecule has 1 aliphatic rings. The molecule has 2 aromatic rings. The molecule has 2 heterocycles. The van der Waals surface area contributed by atoms with Gasteiger partial charge in [-0.1, -0.05) is 6.07 Å². The van der Waals surface area contributed by atoms with Gasteiger partial charge in [-0.05, 0) is 31.2 Å². The average molecular weight is 464 g/mol. The lowest BCUT2D eigenvalue weighted by atomic mass is 10.2. The summed E-state index contributed by atoms with van der Waals surface area (Å²) in [7, 11) is -2.53. The van der Waals surface area contributed by atoms with Crippen molar-refractivity contribution in [2.45, 2.75) is 17.2 Å². The largest absolute Gasteiger partial charge is 0.481 e. The van der Waals surface area contributed by atoms with E-state index in [0.717, 1.165) is 11.3 Å². The number of nitrogens with zero attached hydrogens (tertiary/aromatic N) is 3. The molecular weight excluding hydrogens is 442 g/mol. The standard InChI is InChI=1S/C20H21N3O6S2/c1-14(29-17-5-3-4-15(10-17)12-21)19(24)22-6-8-23(9-7-22)31(26,27)18-11-16(13-30-18)20(25)28-2/h3-5,10-11,13-14H,6-9H2,1-2H3. The molecule has 164 valence electrons. The van der Waals surface area contributed by atoms with E-state index in [2.05, 4.69) is 4.74 Å². The van der Waals surface area contributed by atoms with E-state index in [1.54, 1.807) is 36.1 Å². The third-order valence-electron chi connectivity index (χ3n) is 4.76. The predicted molar refractivity (Wildman–Crippen MR) is 112 cm³/mol. The SMILES string of the molecule is COC(=O)c1csc(S(=O)(=O)N2CCN(C(=O)C(C)Oc3cccc(C#N)c3)CC2)c1. The first-order chi connectivity index (χ1) is 14.8. The number of carbonyl (C=O) groups excluding carboxylic acids is 2. The van der Waals surface area contributed by atoms with E-state index < -0.39 is 22.1 Å². The third kappa shape index (κ3) is 5.04. The molecule has 1 amide bonds. The topological polar surface area (TPSA) is 117 Å². The highest BCUT2D eigenvalue weighted by atomic mass is 32.2. The molecule has 0 bridgehead atoms. The molecule has 1 unspecified atom stereocenters. The first-order valence-corrected chi connectivity index (χ1v) is 11.7. The van der Waals surface area contributed by atoms with Crippen molar-refractivity contribution in [3.05, 3.63) is 46.8 Å². The molecule has 1 aliphatic heterocycles. The fourth-order valence-electron chi connectivity index (χ4n) is 3.10. The summed E-state index contributed by atoms with van der Waals surface area (Å²) in [6, 6.07) is 9.84. The number of nitriles is 1. The summed E-state index contributed by atoms with van der Waals surface area (Å²) < 4.78 is 37.3. The molecule has 1 fully saturated rings. The van der Waals surface area contributed by atoms with Gasteiger partial charge in [-0.15, -0.1) is 11.3 Å². The second-order valence-corrected chi connectivity index (χ2v) is 9.85. The van der Waals surface area contributed by atoms with Gasteiger partial charge in [0, 0.05) is 31.6 Å². The van der Waals surface area contributed by atoms with Crippen LogP contribution in [-0.2, 0) is 19.6 Å². The van der Waals surface area contributed by atoms with Gasteiger partial charge in [0.25, 0.3) is 15.9 Å². The van der Waals surface area contributed by atoms with Crippen molar-refractivity contribution in [3.63, 3.8) is 0 Å². The van der Waals surface area contributed by atoms with Gasteiger partial charge in [0.2, 0.25) is 0 Å². The number of amides is 1. The van der Waals surface area contributed by atoms with E-state index in [1.165, 1.54) is 22.9 Å². The molecule has 0 saturated carbocycles. The Morgan fingerprint density at radius 2 is 1.90 bits per heavy atom. The third-order valence-corrected chi connectivity index (χ3v) is 8.08. The van der Waals surface area contributed by atoms with Crippen LogP contribution in [0.1, 0.15) is 22.8 Å². The van der Waals surface area contributed by atoms with Crippen LogP contribution in [0.2, 0.25) is 0 Å². The van der Waals surface area contributed by atoms with Crippen LogP contribution in [0.25, 0.3) is 0 Å². The fourth-order valence-corrected chi connectivity index (χ4v) is 5.83. The highest BCUT2D eigenvalue weighted by Gasteiger charge is 2.33. The molecule has 31 heavy (non-hydrogen) atoms. The maximum Gasteiger partial charge on any atom is 0.338 e. The van der Waals surface area contributed by atoms with Gasteiger partial charge in [0.1, 0.15) is 9.96 Å². The van der Waals surface area contributed by atoms with Crippen LogP contribution in [-0.4, -0.2) is 68.9 Å². The van der Waals surface area contributed by atoms with Gasteiger partial charge in [0.15, 0.2) is 6.10 Å². The Bertz CT molecular complexity index is 1110. The number of esters is 1. The molecule has 1 aromatic carbocycles. The average Bonchev–Trinajstić information content (AvgIpc) is 3.29. The van der Waals surface area contributed by atoms with Crippen LogP contribution in [0.3, 0.4) is 0 Å². The van der Waals surface area contributed by atoms with E-state index in [0.29, 0.717) is 11.3 Å². The molecule has 1 aromatic heterocycles. The molecular formula is C20H21N3O6S2. The number of thiophene rings is 1. The van der Waals surface area contributed by atoms with E-state index in [4.69, 9.17) is 10.00 Å². The summed E-state index contributed by atoms with van der Waals surface area (Å²) >= 11 is 0.956. The molecule has 0 N–H and O–H groups in total. The van der Waals surface area contributed by atoms with Crippen molar-refractivity contribution in [2.75, 3.05) is 33.3 Å². The van der Waals surface area contributed by atoms with Crippen molar-refractivity contribution in [1.29, 1.82) is 5.26 Å². The van der Waals surface area contributed by atoms with Gasteiger partial charge >= 0.3 is 5.97 Å². The zero-order chi connectivity index (χ0) is 22.6. The predicted octanol–water partition coefficient (Wildman–Crippen LogP) is 1.71. The van der Waals surface area contributed by atoms with Crippen LogP contribution in [0.15, 0.2) is 39.9 Å². The monoisotopic (exact) mass is 463 g/mol. The normalized spacial score (nSPS) is 15.7. The first-order valence-electron chi connectivity index (χ1n) is 9.39. The van der Waals surface area contributed by atoms with Gasteiger partial charge in [-0.3, -0.25) is 4.79 Å². The van der Waals surface area contributed by atoms with E-state index in [-0.39, 0.29) is 41.9 Å². The second kappa shape index (κ2) is 9.47. The smallest absolute Gasteiger partial charge is 0.338 e. The molecule has 0 aliphatic carbocycles. The lowest BCUT2D eigenvalue weighted by molar-refractivity contribution is -0.139. The summed E-state index contributed by atoms with van der Waals surface area (Å²) in [6.07, 6.45) is -0.781. The van der Waals surface area contributed by atoms with Crippen LogP contribution >= 0.6 is 11.3 Å². The molecule has 9 nitrogen and oxygen atoms in total. The number of benzene rings is 1. The summed E-state index contributed by atoms with van der Waals surface area (Å²) in [5.74, 6) is -0.439. The van der Waals surface area contributed by atoms with E-state index in [1.807, 2.05) is 6.07 Å². The van der Waals surface area contributed by atoms with E-state index >= 15 is 0 Å². The lowest BCUT2D eigenvalue weighted by Crippen LogP contribution is -2.53. The zero-order valence-corrected chi connectivity index (χ0v) is 18.6. The van der Waals surface area contributed by atoms with Crippen LogP contribution in [0.4, 0.5) is 0 Å². The maximum atomic E-state index is 12.9. The zero-order valence-electron chi connectivity index (χ0n) is 17.0. The molecule has 11 heteroatoms. The van der Waals surface area contributed by atoms with Crippen LogP contribution < -0.4 is 4.74 Å². The number of ether oxygens (including phenoxy) is 2. The number of carbonyl (C=O) groups is 2. The Kier molecular flexibility index (Phi) is 6.94. The summed E-state index contributed by atoms with van der Waals surface area (Å²) in [6.45, 7) is 2.33. The first kappa shape index (κ1) is 22.7. The Morgan fingerprint density at radius 1 is 1.19 bits per heavy atom. The van der Waals surface area contributed by atoms with Crippen LogP contribution in [0.5, 0.6) is 5.75 Å². The summed E-state index contributed by atoms with van der Waals surface area (Å²) in [4.78, 5) is 25.9. The minimum absolute atomic E-state index is 0.0572. The fraction of sp³-hybridized carbons (Fsp3) is 0.350. The van der Waals surface area contributed by atoms with Gasteiger partial charge in [-0.2, -0.15) is 9.57 Å². The summed E-state index contributed by atoms with van der Waals surface area (Å²) in [5.41, 5.74) is 0.617. The molecule has 3 rings (SSSR count). The number of sulfonamides is 1. The minimum atomic E-state index is -3.76. The number of piperazine rings is 1. The van der Waals surface area contributed by atoms with Crippen molar-refractivity contribution >= 4 is 33.2 Å². The maximum absolute atomic E-state index is 12.9. The highest BCUT2D eigenvalue weighted by Crippen LogP contribution is 2.25. The Labute approximate surface area is 184 Å².